The molecule has 0 saturated heterocycles. The zero-order valence-corrected chi connectivity index (χ0v) is 8.99. The quantitative estimate of drug-likeness (QED) is 0.617. The minimum Gasteiger partial charge on any atom is -0.468 e. The molecule has 0 heterocycles. The van der Waals surface area contributed by atoms with Crippen LogP contribution in [-0.2, 0) is 19.1 Å². The number of rotatable bonds is 1. The SMILES string of the molecule is COC(=O)C12CCC(=O)C=C1C=CC(=O)C2. The van der Waals surface area contributed by atoms with Gasteiger partial charge in [-0.1, -0.05) is 6.08 Å². The van der Waals surface area contributed by atoms with Crippen LogP contribution in [0.3, 0.4) is 0 Å². The molecular weight excluding hydrogens is 208 g/mol. The van der Waals surface area contributed by atoms with Crippen molar-refractivity contribution in [3.63, 3.8) is 0 Å². The number of esters is 1. The Hall–Kier alpha value is -1.71. The first kappa shape index (κ1) is 10.8. The summed E-state index contributed by atoms with van der Waals surface area (Å²) < 4.78 is 4.76. The largest absolute Gasteiger partial charge is 0.468 e. The van der Waals surface area contributed by atoms with Gasteiger partial charge in [-0.05, 0) is 24.1 Å². The number of carbonyl (C=O) groups is 3. The monoisotopic (exact) mass is 220 g/mol. The average molecular weight is 220 g/mol. The highest BCUT2D eigenvalue weighted by molar-refractivity contribution is 6.02. The van der Waals surface area contributed by atoms with Crippen LogP contribution in [0.15, 0.2) is 23.8 Å². The van der Waals surface area contributed by atoms with Crippen LogP contribution in [0.5, 0.6) is 0 Å². The molecule has 0 aliphatic heterocycles. The Bertz CT molecular complexity index is 430. The predicted octanol–water partition coefficient (Wildman–Crippen LogP) is 0.964. The Morgan fingerprint density at radius 2 is 2.06 bits per heavy atom. The lowest BCUT2D eigenvalue weighted by Gasteiger charge is -2.35. The molecule has 0 amide bonds. The highest BCUT2D eigenvalue weighted by Gasteiger charge is 2.47. The number of hydrogen-bond donors (Lipinski definition) is 0. The number of hydrogen-bond acceptors (Lipinski definition) is 4. The van der Waals surface area contributed by atoms with E-state index in [0.717, 1.165) is 0 Å². The molecule has 0 fully saturated rings. The summed E-state index contributed by atoms with van der Waals surface area (Å²) in [4.78, 5) is 34.5. The molecule has 1 unspecified atom stereocenters. The van der Waals surface area contributed by atoms with E-state index in [1.165, 1.54) is 19.3 Å². The van der Waals surface area contributed by atoms with Crippen LogP contribution in [0.1, 0.15) is 19.3 Å². The molecule has 0 N–H and O–H groups in total. The highest BCUT2D eigenvalue weighted by atomic mass is 16.5. The van der Waals surface area contributed by atoms with E-state index in [4.69, 9.17) is 4.74 Å². The van der Waals surface area contributed by atoms with Crippen molar-refractivity contribution in [2.24, 2.45) is 5.41 Å². The minimum atomic E-state index is -0.922. The van der Waals surface area contributed by atoms with Crippen molar-refractivity contribution >= 4 is 17.5 Å². The van der Waals surface area contributed by atoms with E-state index in [9.17, 15) is 14.4 Å². The highest BCUT2D eigenvalue weighted by Crippen LogP contribution is 2.44. The van der Waals surface area contributed by atoms with Crippen molar-refractivity contribution in [2.75, 3.05) is 7.11 Å². The van der Waals surface area contributed by atoms with Crippen molar-refractivity contribution < 1.29 is 19.1 Å². The fraction of sp³-hybridized carbons (Fsp3) is 0.417. The number of fused-ring (bicyclic) bond motifs is 1. The van der Waals surface area contributed by atoms with Crippen LogP contribution >= 0.6 is 0 Å². The van der Waals surface area contributed by atoms with Gasteiger partial charge >= 0.3 is 5.97 Å². The normalized spacial score (nSPS) is 28.4. The summed E-state index contributed by atoms with van der Waals surface area (Å²) in [6.45, 7) is 0. The van der Waals surface area contributed by atoms with E-state index in [1.807, 2.05) is 0 Å². The Kier molecular flexibility index (Phi) is 2.50. The lowest BCUT2D eigenvalue weighted by atomic mass is 9.66. The number of ketones is 2. The molecule has 1 atom stereocenters. The van der Waals surface area contributed by atoms with Gasteiger partial charge in [0.1, 0.15) is 5.41 Å². The molecule has 0 bridgehead atoms. The second-order valence-corrected chi connectivity index (χ2v) is 4.12. The zero-order chi connectivity index (χ0) is 11.8. The van der Waals surface area contributed by atoms with Crippen LogP contribution in [0, 0.1) is 5.41 Å². The molecule has 0 saturated carbocycles. The molecule has 2 aliphatic carbocycles. The standard InChI is InChI=1S/C12H12O4/c1-16-11(15)12-5-4-9(13)6-8(12)2-3-10(14)7-12/h2-3,6H,4-5,7H2,1H3. The van der Waals surface area contributed by atoms with E-state index >= 15 is 0 Å². The Labute approximate surface area is 93.0 Å². The topological polar surface area (TPSA) is 60.4 Å². The summed E-state index contributed by atoms with van der Waals surface area (Å²) in [7, 11) is 1.30. The third kappa shape index (κ3) is 1.50. The molecule has 16 heavy (non-hydrogen) atoms. The molecule has 0 radical (unpaired) electrons. The van der Waals surface area contributed by atoms with Crippen molar-refractivity contribution in [3.8, 4) is 0 Å². The summed E-state index contributed by atoms with van der Waals surface area (Å²) >= 11 is 0. The fourth-order valence-electron chi connectivity index (χ4n) is 2.29. The predicted molar refractivity (Wildman–Crippen MR) is 55.5 cm³/mol. The van der Waals surface area contributed by atoms with Gasteiger partial charge in [-0.15, -0.1) is 0 Å². The molecule has 4 heteroatoms. The lowest BCUT2D eigenvalue weighted by molar-refractivity contribution is -0.153. The first-order valence-corrected chi connectivity index (χ1v) is 5.13. The minimum absolute atomic E-state index is 0.00599. The van der Waals surface area contributed by atoms with Gasteiger partial charge in [0.25, 0.3) is 0 Å². The molecule has 0 aromatic carbocycles. The van der Waals surface area contributed by atoms with Gasteiger partial charge in [0.15, 0.2) is 11.6 Å². The molecule has 0 aromatic heterocycles. The third-order valence-electron chi connectivity index (χ3n) is 3.17. The van der Waals surface area contributed by atoms with E-state index in [0.29, 0.717) is 18.4 Å². The maximum Gasteiger partial charge on any atom is 0.316 e. The molecular formula is C12H12O4. The maximum absolute atomic E-state index is 11.8. The first-order valence-electron chi connectivity index (χ1n) is 5.13. The van der Waals surface area contributed by atoms with Crippen LogP contribution in [0.25, 0.3) is 0 Å². The molecule has 4 nitrogen and oxygen atoms in total. The van der Waals surface area contributed by atoms with E-state index in [-0.39, 0.29) is 18.0 Å². The first-order chi connectivity index (χ1) is 7.58. The average Bonchev–Trinajstić information content (AvgIpc) is 2.28. The third-order valence-corrected chi connectivity index (χ3v) is 3.17. The van der Waals surface area contributed by atoms with Crippen molar-refractivity contribution in [1.29, 1.82) is 0 Å². The van der Waals surface area contributed by atoms with Gasteiger partial charge in [0.2, 0.25) is 0 Å². The van der Waals surface area contributed by atoms with Crippen molar-refractivity contribution in [1.82, 2.24) is 0 Å². The van der Waals surface area contributed by atoms with Gasteiger partial charge in [-0.3, -0.25) is 14.4 Å². The number of carbonyl (C=O) groups excluding carboxylic acids is 3. The maximum atomic E-state index is 11.8. The van der Waals surface area contributed by atoms with Gasteiger partial charge in [0, 0.05) is 12.8 Å². The van der Waals surface area contributed by atoms with Gasteiger partial charge < -0.3 is 4.74 Å². The lowest BCUT2D eigenvalue weighted by Crippen LogP contribution is -2.40. The second kappa shape index (κ2) is 3.70. The van der Waals surface area contributed by atoms with Gasteiger partial charge in [-0.25, -0.2) is 0 Å². The molecule has 0 spiro atoms. The summed E-state index contributed by atoms with van der Waals surface area (Å²) in [5.41, 5.74) is -0.315. The number of allylic oxidation sites excluding steroid dienone is 3. The molecule has 0 aromatic rings. The number of ether oxygens (including phenoxy) is 1. The fourth-order valence-corrected chi connectivity index (χ4v) is 2.29. The summed E-state index contributed by atoms with van der Waals surface area (Å²) in [6, 6.07) is 0. The van der Waals surface area contributed by atoms with Crippen LogP contribution in [0.4, 0.5) is 0 Å². The van der Waals surface area contributed by atoms with Crippen molar-refractivity contribution in [2.45, 2.75) is 19.3 Å². The van der Waals surface area contributed by atoms with Crippen LogP contribution < -0.4 is 0 Å². The van der Waals surface area contributed by atoms with Gasteiger partial charge in [-0.2, -0.15) is 0 Å². The summed E-state index contributed by atoms with van der Waals surface area (Å²) in [6.07, 6.45) is 5.17. The Balaban J connectivity index is 2.51. The van der Waals surface area contributed by atoms with Crippen LogP contribution in [-0.4, -0.2) is 24.6 Å². The van der Waals surface area contributed by atoms with Gasteiger partial charge in [0.05, 0.1) is 7.11 Å². The summed E-state index contributed by atoms with van der Waals surface area (Å²) in [5, 5.41) is 0. The zero-order valence-electron chi connectivity index (χ0n) is 8.99. The Morgan fingerprint density at radius 3 is 2.75 bits per heavy atom. The Morgan fingerprint density at radius 1 is 1.31 bits per heavy atom. The molecule has 2 aliphatic rings. The molecule has 84 valence electrons. The smallest absolute Gasteiger partial charge is 0.316 e. The number of methoxy groups -OCH3 is 1. The van der Waals surface area contributed by atoms with Crippen LogP contribution in [0.2, 0.25) is 0 Å². The second-order valence-electron chi connectivity index (χ2n) is 4.12. The molecule has 2 rings (SSSR count). The van der Waals surface area contributed by atoms with E-state index in [1.54, 1.807) is 6.08 Å². The van der Waals surface area contributed by atoms with Crippen molar-refractivity contribution in [3.05, 3.63) is 23.8 Å². The summed E-state index contributed by atoms with van der Waals surface area (Å²) in [5.74, 6) is -0.533. The van der Waals surface area contributed by atoms with E-state index < -0.39 is 11.4 Å². The van der Waals surface area contributed by atoms with E-state index in [2.05, 4.69) is 0 Å².